The van der Waals surface area contributed by atoms with Crippen LogP contribution in [0, 0.1) is 0 Å². The van der Waals surface area contributed by atoms with E-state index < -0.39 is 0 Å². The standard InChI is InChI=1S/C20H17NO/c1-2-18(22)21-12-16-9-8-15-7-6-13-4-3-5-14-10-11-17(16)20(15)19(13)14/h3-11H,2,12H2,1H3,(H,21,22). The Kier molecular flexibility index (Phi) is 2.97. The quantitative estimate of drug-likeness (QED) is 0.548. The Labute approximate surface area is 129 Å². The summed E-state index contributed by atoms with van der Waals surface area (Å²) in [7, 11) is 0. The van der Waals surface area contributed by atoms with E-state index in [0.29, 0.717) is 13.0 Å². The lowest BCUT2D eigenvalue weighted by Crippen LogP contribution is -2.21. The lowest BCUT2D eigenvalue weighted by molar-refractivity contribution is -0.120. The maximum absolute atomic E-state index is 11.5. The van der Waals surface area contributed by atoms with E-state index in [1.165, 1.54) is 37.9 Å². The highest BCUT2D eigenvalue weighted by atomic mass is 16.1. The smallest absolute Gasteiger partial charge is 0.219 e. The van der Waals surface area contributed by atoms with Gasteiger partial charge in [-0.15, -0.1) is 0 Å². The second-order valence-corrected chi connectivity index (χ2v) is 5.71. The fourth-order valence-corrected chi connectivity index (χ4v) is 3.27. The van der Waals surface area contributed by atoms with Crippen molar-refractivity contribution in [3.05, 3.63) is 60.2 Å². The van der Waals surface area contributed by atoms with Crippen molar-refractivity contribution >= 4 is 38.2 Å². The van der Waals surface area contributed by atoms with Gasteiger partial charge in [0.25, 0.3) is 0 Å². The van der Waals surface area contributed by atoms with Gasteiger partial charge >= 0.3 is 0 Å². The number of hydrogen-bond acceptors (Lipinski definition) is 1. The van der Waals surface area contributed by atoms with E-state index in [1.807, 2.05) is 6.92 Å². The molecule has 0 radical (unpaired) electrons. The lowest BCUT2D eigenvalue weighted by atomic mass is 9.92. The molecule has 4 aromatic carbocycles. The van der Waals surface area contributed by atoms with Crippen LogP contribution in [0.4, 0.5) is 0 Å². The second kappa shape index (κ2) is 4.99. The molecule has 2 nitrogen and oxygen atoms in total. The molecule has 22 heavy (non-hydrogen) atoms. The molecule has 0 fully saturated rings. The summed E-state index contributed by atoms with van der Waals surface area (Å²) in [6.45, 7) is 2.46. The minimum atomic E-state index is 0.0886. The summed E-state index contributed by atoms with van der Waals surface area (Å²) in [5.74, 6) is 0.0886. The SMILES string of the molecule is CCC(=O)NCc1ccc2ccc3cccc4ccc1c2c34. The minimum Gasteiger partial charge on any atom is -0.352 e. The molecule has 0 aromatic heterocycles. The Morgan fingerprint density at radius 3 is 2.23 bits per heavy atom. The summed E-state index contributed by atoms with van der Waals surface area (Å²) in [5.41, 5.74) is 1.17. The average Bonchev–Trinajstić information content (AvgIpc) is 2.58. The van der Waals surface area contributed by atoms with Crippen LogP contribution in [0.3, 0.4) is 0 Å². The first-order valence-corrected chi connectivity index (χ1v) is 7.70. The number of rotatable bonds is 3. The van der Waals surface area contributed by atoms with Crippen molar-refractivity contribution in [3.63, 3.8) is 0 Å². The van der Waals surface area contributed by atoms with Gasteiger partial charge in [-0.1, -0.05) is 61.5 Å². The fraction of sp³-hybridized carbons (Fsp3) is 0.150. The molecule has 4 aromatic rings. The summed E-state index contributed by atoms with van der Waals surface area (Å²) in [6, 6.07) is 19.4. The van der Waals surface area contributed by atoms with Crippen LogP contribution in [0.1, 0.15) is 18.9 Å². The van der Waals surface area contributed by atoms with Crippen molar-refractivity contribution in [1.29, 1.82) is 0 Å². The van der Waals surface area contributed by atoms with Crippen LogP contribution in [0.15, 0.2) is 54.6 Å². The zero-order valence-corrected chi connectivity index (χ0v) is 12.5. The summed E-state index contributed by atoms with van der Waals surface area (Å²) < 4.78 is 0. The van der Waals surface area contributed by atoms with Gasteiger partial charge in [0.2, 0.25) is 5.91 Å². The van der Waals surface area contributed by atoms with Crippen LogP contribution in [-0.2, 0) is 11.3 Å². The third kappa shape index (κ3) is 1.92. The molecule has 0 atom stereocenters. The zero-order valence-electron chi connectivity index (χ0n) is 12.5. The van der Waals surface area contributed by atoms with Crippen LogP contribution in [0.2, 0.25) is 0 Å². The van der Waals surface area contributed by atoms with Gasteiger partial charge in [0.15, 0.2) is 0 Å². The van der Waals surface area contributed by atoms with Crippen molar-refractivity contribution in [2.45, 2.75) is 19.9 Å². The zero-order chi connectivity index (χ0) is 15.1. The van der Waals surface area contributed by atoms with Crippen LogP contribution < -0.4 is 5.32 Å². The van der Waals surface area contributed by atoms with Gasteiger partial charge in [-0.05, 0) is 37.9 Å². The minimum absolute atomic E-state index is 0.0886. The molecule has 0 unspecified atom stereocenters. The highest BCUT2D eigenvalue weighted by Gasteiger charge is 2.10. The third-order valence-electron chi connectivity index (χ3n) is 4.42. The molecule has 4 rings (SSSR count). The van der Waals surface area contributed by atoms with Gasteiger partial charge in [0, 0.05) is 13.0 Å². The molecular formula is C20H17NO. The molecule has 0 aliphatic heterocycles. The third-order valence-corrected chi connectivity index (χ3v) is 4.42. The molecular weight excluding hydrogens is 270 g/mol. The molecule has 2 heteroatoms. The molecule has 0 aliphatic rings. The number of carbonyl (C=O) groups excluding carboxylic acids is 1. The van der Waals surface area contributed by atoms with Crippen LogP contribution in [0.25, 0.3) is 32.3 Å². The number of nitrogens with one attached hydrogen (secondary N) is 1. The van der Waals surface area contributed by atoms with Crippen LogP contribution in [-0.4, -0.2) is 5.91 Å². The van der Waals surface area contributed by atoms with Gasteiger partial charge in [-0.3, -0.25) is 4.79 Å². The number of benzene rings is 4. The maximum Gasteiger partial charge on any atom is 0.219 e. The lowest BCUT2D eigenvalue weighted by Gasteiger charge is -2.14. The van der Waals surface area contributed by atoms with Crippen molar-refractivity contribution in [2.75, 3.05) is 0 Å². The van der Waals surface area contributed by atoms with E-state index in [9.17, 15) is 4.79 Å². The molecule has 1 N–H and O–H groups in total. The molecule has 1 amide bonds. The molecule has 0 spiro atoms. The van der Waals surface area contributed by atoms with Crippen LogP contribution >= 0.6 is 0 Å². The van der Waals surface area contributed by atoms with E-state index >= 15 is 0 Å². The number of amides is 1. The van der Waals surface area contributed by atoms with Gasteiger partial charge in [-0.25, -0.2) is 0 Å². The van der Waals surface area contributed by atoms with Crippen LogP contribution in [0.5, 0.6) is 0 Å². The maximum atomic E-state index is 11.5. The Bertz CT molecular complexity index is 971. The summed E-state index contributed by atoms with van der Waals surface area (Å²) in [6.07, 6.45) is 0.520. The highest BCUT2D eigenvalue weighted by Crippen LogP contribution is 2.35. The van der Waals surface area contributed by atoms with E-state index in [-0.39, 0.29) is 5.91 Å². The van der Waals surface area contributed by atoms with Crippen molar-refractivity contribution in [1.82, 2.24) is 5.32 Å². The molecule has 0 saturated heterocycles. The molecule has 108 valence electrons. The number of carbonyl (C=O) groups is 1. The highest BCUT2D eigenvalue weighted by molar-refractivity contribution is 6.23. The summed E-state index contributed by atoms with van der Waals surface area (Å²) in [5, 5.41) is 10.6. The van der Waals surface area contributed by atoms with Gasteiger partial charge in [-0.2, -0.15) is 0 Å². The summed E-state index contributed by atoms with van der Waals surface area (Å²) in [4.78, 5) is 11.5. The van der Waals surface area contributed by atoms with Gasteiger partial charge in [0.05, 0.1) is 0 Å². The van der Waals surface area contributed by atoms with E-state index in [0.717, 1.165) is 0 Å². The molecule has 0 aliphatic carbocycles. The monoisotopic (exact) mass is 287 g/mol. The van der Waals surface area contributed by atoms with E-state index in [1.54, 1.807) is 0 Å². The van der Waals surface area contributed by atoms with E-state index in [2.05, 4.69) is 59.9 Å². The first-order chi connectivity index (χ1) is 10.8. The van der Waals surface area contributed by atoms with Gasteiger partial charge in [0.1, 0.15) is 0 Å². The van der Waals surface area contributed by atoms with Crippen molar-refractivity contribution in [2.24, 2.45) is 0 Å². The normalized spacial score (nSPS) is 11.5. The summed E-state index contributed by atoms with van der Waals surface area (Å²) >= 11 is 0. The Morgan fingerprint density at radius 1 is 0.864 bits per heavy atom. The Hall–Kier alpha value is -2.61. The number of hydrogen-bond donors (Lipinski definition) is 1. The van der Waals surface area contributed by atoms with Crippen molar-refractivity contribution < 1.29 is 4.79 Å². The fourth-order valence-electron chi connectivity index (χ4n) is 3.27. The van der Waals surface area contributed by atoms with Crippen molar-refractivity contribution in [3.8, 4) is 0 Å². The average molecular weight is 287 g/mol. The van der Waals surface area contributed by atoms with Gasteiger partial charge < -0.3 is 5.32 Å². The largest absolute Gasteiger partial charge is 0.352 e. The molecule has 0 bridgehead atoms. The Balaban J connectivity index is 1.98. The predicted molar refractivity (Wildman–Crippen MR) is 92.3 cm³/mol. The first-order valence-electron chi connectivity index (χ1n) is 7.70. The first kappa shape index (κ1) is 13.1. The Morgan fingerprint density at radius 2 is 1.50 bits per heavy atom. The second-order valence-electron chi connectivity index (χ2n) is 5.71. The molecule has 0 heterocycles. The molecule has 0 saturated carbocycles. The van der Waals surface area contributed by atoms with E-state index in [4.69, 9.17) is 0 Å². The topological polar surface area (TPSA) is 29.1 Å². The predicted octanol–water partition coefficient (Wildman–Crippen LogP) is 4.61.